The van der Waals surface area contributed by atoms with E-state index in [2.05, 4.69) is 39.2 Å². The van der Waals surface area contributed by atoms with Crippen LogP contribution in [0, 0.1) is 11.3 Å². The smallest absolute Gasteiger partial charge is 0.307 e. The molecule has 1 aliphatic carbocycles. The van der Waals surface area contributed by atoms with Crippen LogP contribution in [-0.2, 0) is 6.54 Å². The predicted molar refractivity (Wildman–Crippen MR) is 149 cm³/mol. The summed E-state index contributed by atoms with van der Waals surface area (Å²) in [5.74, 6) is 4.82. The van der Waals surface area contributed by atoms with Gasteiger partial charge in [0.05, 0.1) is 28.9 Å². The zero-order chi connectivity index (χ0) is 27.6. The Balaban J connectivity index is 1.55. The zero-order valence-electron chi connectivity index (χ0n) is 21.5. The molecule has 0 atom stereocenters. The number of amides is 3. The highest BCUT2D eigenvalue weighted by Crippen LogP contribution is 2.33. The maximum Gasteiger partial charge on any atom is 0.414 e. The highest BCUT2D eigenvalue weighted by atomic mass is 16.2. The fraction of sp³-hybridized carbons (Fsp3) is 0.241. The number of nitrogens with two attached hydrogens (primary N) is 2. The Morgan fingerprint density at radius 1 is 1.03 bits per heavy atom. The fourth-order valence-electron chi connectivity index (χ4n) is 4.72. The second-order valence-electron chi connectivity index (χ2n) is 9.39. The minimum Gasteiger partial charge on any atom is -0.307 e. The molecule has 0 aromatic heterocycles. The number of carbonyl (C=O) groups excluding carboxylic acids is 2. The van der Waals surface area contributed by atoms with Gasteiger partial charge in [0.2, 0.25) is 0 Å². The number of benzene rings is 3. The Morgan fingerprint density at radius 2 is 1.74 bits per heavy atom. The number of rotatable bonds is 6. The molecule has 3 amide bonds. The summed E-state index contributed by atoms with van der Waals surface area (Å²) in [5.41, 5.74) is 4.17. The molecule has 1 aliphatic rings. The largest absolute Gasteiger partial charge is 0.414 e. The van der Waals surface area contributed by atoms with Gasteiger partial charge in [-0.3, -0.25) is 20.9 Å². The third-order valence-corrected chi connectivity index (χ3v) is 6.73. The predicted octanol–water partition coefficient (Wildman–Crippen LogP) is 4.02. The number of hydrogen-bond acceptors (Lipinski definition) is 4. The van der Waals surface area contributed by atoms with E-state index in [1.165, 1.54) is 37.7 Å². The van der Waals surface area contributed by atoms with Crippen molar-refractivity contribution in [2.45, 2.75) is 44.6 Å². The molecule has 6 N–H and O–H groups in total. The zero-order valence-corrected chi connectivity index (χ0v) is 21.5. The second kappa shape index (κ2) is 13.0. The van der Waals surface area contributed by atoms with Crippen molar-refractivity contribution in [3.63, 3.8) is 0 Å². The molecule has 0 spiro atoms. The average Bonchev–Trinajstić information content (AvgIpc) is 2.97. The van der Waals surface area contributed by atoms with Gasteiger partial charge in [-0.15, -0.1) is 0 Å². The number of nitrogens with zero attached hydrogens (tertiary/aromatic N) is 4. The van der Waals surface area contributed by atoms with Crippen LogP contribution in [0.2, 0.25) is 0 Å². The lowest BCUT2D eigenvalue weighted by molar-refractivity contribution is -0.119. The Kier molecular flexibility index (Phi) is 8.98. The molecule has 1 fully saturated rings. The number of hydrogen-bond donors (Lipinski definition) is 4. The Hall–Kier alpha value is -5.04. The summed E-state index contributed by atoms with van der Waals surface area (Å²) in [7, 11) is 0. The molecule has 0 aliphatic heterocycles. The van der Waals surface area contributed by atoms with Crippen molar-refractivity contribution in [1.82, 2.24) is 5.32 Å². The Bertz CT molecular complexity index is 1390. The first-order valence-corrected chi connectivity index (χ1v) is 12.8. The van der Waals surface area contributed by atoms with E-state index in [1.807, 2.05) is 12.1 Å². The lowest BCUT2D eigenvalue weighted by Crippen LogP contribution is -2.49. The monoisotopic (exact) mass is 523 g/mol. The normalized spacial score (nSPS) is 13.4. The molecule has 0 saturated heterocycles. The standard InChI is InChI=1S/C29H30N8O2/c30-18-21-5-4-8-25(17-21)33-29(39)37(26-15-13-23(14-16-26)22-6-2-1-3-7-22)19-20-9-11-24(12-10-20)27(38)34-28(31)35-36-32/h4-5,8-17,22H,1-3,6-7,19H2,(H,33,39)(H4,31,32,34,35,38)/p+1. The summed E-state index contributed by atoms with van der Waals surface area (Å²) in [6, 6.07) is 23.5. The van der Waals surface area contributed by atoms with Crippen molar-refractivity contribution in [1.29, 1.82) is 5.26 Å². The molecule has 0 heterocycles. The van der Waals surface area contributed by atoms with E-state index in [1.54, 1.807) is 53.4 Å². The SMILES string of the molecule is N#Cc1cccc(NC(=O)N(Cc2ccc(C(=O)NC(=[NH2+])N=NN)cc2)c2ccc(C3CCCCC3)cc2)c1. The summed E-state index contributed by atoms with van der Waals surface area (Å²) in [5, 5.41) is 26.5. The lowest BCUT2D eigenvalue weighted by Gasteiger charge is -2.26. The van der Waals surface area contributed by atoms with Crippen molar-refractivity contribution in [3.05, 3.63) is 95.1 Å². The van der Waals surface area contributed by atoms with Crippen LogP contribution < -0.4 is 26.8 Å². The molecule has 4 rings (SSSR count). The summed E-state index contributed by atoms with van der Waals surface area (Å²) in [6.45, 7) is 0.254. The molecule has 0 radical (unpaired) electrons. The minimum atomic E-state index is -0.461. The van der Waals surface area contributed by atoms with Crippen LogP contribution in [0.15, 0.2) is 83.1 Å². The molecular formula is C29H31N8O2+. The number of guanidine groups is 1. The minimum absolute atomic E-state index is 0.216. The Morgan fingerprint density at radius 3 is 2.41 bits per heavy atom. The Labute approximate surface area is 227 Å². The molecule has 3 aromatic rings. The van der Waals surface area contributed by atoms with Gasteiger partial charge in [0.25, 0.3) is 0 Å². The summed E-state index contributed by atoms with van der Waals surface area (Å²) in [6.07, 6.45) is 6.17. The number of carbonyl (C=O) groups is 2. The van der Waals surface area contributed by atoms with Gasteiger partial charge in [-0.05, 0) is 72.4 Å². The second-order valence-corrected chi connectivity index (χ2v) is 9.39. The molecule has 39 heavy (non-hydrogen) atoms. The number of urea groups is 1. The van der Waals surface area contributed by atoms with Crippen molar-refractivity contribution >= 4 is 29.3 Å². The molecule has 1 saturated carbocycles. The van der Waals surface area contributed by atoms with Crippen molar-refractivity contribution in [3.8, 4) is 6.07 Å². The number of anilines is 2. The van der Waals surface area contributed by atoms with Gasteiger partial charge in [-0.1, -0.05) is 49.6 Å². The van der Waals surface area contributed by atoms with Crippen LogP contribution in [-0.4, -0.2) is 17.9 Å². The van der Waals surface area contributed by atoms with Gasteiger partial charge in [0.1, 0.15) is 0 Å². The highest BCUT2D eigenvalue weighted by molar-refractivity contribution is 6.04. The quantitative estimate of drug-likeness (QED) is 0.126. The molecule has 10 heteroatoms. The third kappa shape index (κ3) is 7.26. The average molecular weight is 524 g/mol. The molecule has 0 bridgehead atoms. The highest BCUT2D eigenvalue weighted by Gasteiger charge is 2.20. The van der Waals surface area contributed by atoms with E-state index < -0.39 is 5.91 Å². The van der Waals surface area contributed by atoms with Crippen LogP contribution in [0.4, 0.5) is 16.2 Å². The van der Waals surface area contributed by atoms with Crippen LogP contribution in [0.5, 0.6) is 0 Å². The van der Waals surface area contributed by atoms with Gasteiger partial charge in [-0.25, -0.2) is 10.1 Å². The first-order valence-electron chi connectivity index (χ1n) is 12.8. The van der Waals surface area contributed by atoms with Crippen molar-refractivity contribution in [2.24, 2.45) is 16.2 Å². The number of nitrogens with one attached hydrogen (secondary N) is 2. The first-order chi connectivity index (χ1) is 19.0. The molecule has 10 nitrogen and oxygen atoms in total. The summed E-state index contributed by atoms with van der Waals surface area (Å²) >= 11 is 0. The van der Waals surface area contributed by atoms with E-state index in [0.29, 0.717) is 22.7 Å². The van der Waals surface area contributed by atoms with Crippen LogP contribution in [0.3, 0.4) is 0 Å². The summed E-state index contributed by atoms with van der Waals surface area (Å²) in [4.78, 5) is 27.5. The van der Waals surface area contributed by atoms with E-state index >= 15 is 0 Å². The number of nitriles is 1. The van der Waals surface area contributed by atoms with Crippen LogP contribution in [0.1, 0.15) is 65.1 Å². The fourth-order valence-corrected chi connectivity index (χ4v) is 4.72. The van der Waals surface area contributed by atoms with Gasteiger partial charge >= 0.3 is 17.9 Å². The maximum absolute atomic E-state index is 13.5. The molecular weight excluding hydrogens is 492 g/mol. The van der Waals surface area contributed by atoms with Gasteiger partial charge < -0.3 is 5.32 Å². The maximum atomic E-state index is 13.5. The van der Waals surface area contributed by atoms with Gasteiger partial charge in [-0.2, -0.15) is 5.26 Å². The van der Waals surface area contributed by atoms with E-state index in [9.17, 15) is 14.9 Å². The summed E-state index contributed by atoms with van der Waals surface area (Å²) < 4.78 is 0. The van der Waals surface area contributed by atoms with Gasteiger partial charge in [0, 0.05) is 16.6 Å². The van der Waals surface area contributed by atoms with Gasteiger partial charge in [0.15, 0.2) is 0 Å². The molecule has 3 aromatic carbocycles. The topological polar surface area (TPSA) is 162 Å². The van der Waals surface area contributed by atoms with Crippen LogP contribution in [0.25, 0.3) is 0 Å². The first kappa shape index (κ1) is 27.0. The molecule has 0 unspecified atom stereocenters. The van der Waals surface area contributed by atoms with Crippen molar-refractivity contribution in [2.75, 3.05) is 10.2 Å². The third-order valence-electron chi connectivity index (χ3n) is 6.73. The van der Waals surface area contributed by atoms with E-state index in [4.69, 9.17) is 11.3 Å². The van der Waals surface area contributed by atoms with Crippen LogP contribution >= 0.6 is 0 Å². The molecule has 198 valence electrons. The van der Waals surface area contributed by atoms with Crippen molar-refractivity contribution < 1.29 is 15.0 Å². The van der Waals surface area contributed by atoms with E-state index in [-0.39, 0.29) is 18.5 Å². The van der Waals surface area contributed by atoms with E-state index in [0.717, 1.165) is 11.3 Å². The lowest BCUT2D eigenvalue weighted by atomic mass is 9.84.